The fourth-order valence-corrected chi connectivity index (χ4v) is 2.85. The minimum atomic E-state index is -0.991. The lowest BCUT2D eigenvalue weighted by Gasteiger charge is -2.11. The van der Waals surface area contributed by atoms with Gasteiger partial charge in [0.25, 0.3) is 0 Å². The molecule has 6 heteroatoms. The van der Waals surface area contributed by atoms with Crippen molar-refractivity contribution in [3.63, 3.8) is 0 Å². The molecule has 3 rings (SSSR count). The van der Waals surface area contributed by atoms with Crippen molar-refractivity contribution in [1.82, 2.24) is 9.55 Å². The maximum atomic E-state index is 13.6. The number of nitrogens with zero attached hydrogens (tertiary/aromatic N) is 2. The molecule has 0 aliphatic heterocycles. The summed E-state index contributed by atoms with van der Waals surface area (Å²) in [5.74, 6) is -2.96. The Morgan fingerprint density at radius 2 is 1.77 bits per heavy atom. The van der Waals surface area contributed by atoms with Gasteiger partial charge in [-0.15, -0.1) is 0 Å². The van der Waals surface area contributed by atoms with Crippen molar-refractivity contribution in [3.05, 3.63) is 95.2 Å². The lowest BCUT2D eigenvalue weighted by Crippen LogP contribution is -2.10. The molecule has 0 saturated heterocycles. The Hall–Kier alpha value is -3.15. The number of nitrogens with two attached hydrogens (primary N) is 1. The summed E-state index contributed by atoms with van der Waals surface area (Å²) in [5.41, 5.74) is 9.42. The molecule has 26 heavy (non-hydrogen) atoms. The van der Waals surface area contributed by atoms with Crippen molar-refractivity contribution in [2.45, 2.75) is 19.4 Å². The first kappa shape index (κ1) is 17.7. The number of aromatic hydroxyl groups is 1. The molecule has 1 heterocycles. The quantitative estimate of drug-likeness (QED) is 0.711. The van der Waals surface area contributed by atoms with Crippen LogP contribution in [0.15, 0.2) is 61.1 Å². The summed E-state index contributed by atoms with van der Waals surface area (Å²) in [7, 11) is 0. The van der Waals surface area contributed by atoms with Gasteiger partial charge in [-0.25, -0.2) is 13.8 Å². The number of benzene rings is 2. The Morgan fingerprint density at radius 1 is 1.12 bits per heavy atom. The van der Waals surface area contributed by atoms with E-state index in [1.165, 1.54) is 0 Å². The maximum Gasteiger partial charge on any atom is 0.187 e. The zero-order valence-electron chi connectivity index (χ0n) is 14.1. The Balaban J connectivity index is 1.93. The molecule has 1 aromatic heterocycles. The van der Waals surface area contributed by atoms with Crippen LogP contribution in [0.4, 0.5) is 8.78 Å². The highest BCUT2D eigenvalue weighted by molar-refractivity contribution is 5.32. The van der Waals surface area contributed by atoms with E-state index in [2.05, 4.69) is 11.6 Å². The van der Waals surface area contributed by atoms with Gasteiger partial charge in [0, 0.05) is 30.8 Å². The molecule has 0 saturated carbocycles. The Labute approximate surface area is 150 Å². The van der Waals surface area contributed by atoms with Crippen LogP contribution in [0.5, 0.6) is 5.75 Å². The van der Waals surface area contributed by atoms with E-state index in [0.717, 1.165) is 29.1 Å². The molecule has 0 spiro atoms. The van der Waals surface area contributed by atoms with E-state index in [-0.39, 0.29) is 6.54 Å². The number of phenols is 1. The number of allylic oxidation sites excluding steroid dienone is 1. The molecular weight excluding hydrogens is 336 g/mol. The minimum Gasteiger partial charge on any atom is -0.503 e. The lowest BCUT2D eigenvalue weighted by atomic mass is 10.1. The van der Waals surface area contributed by atoms with E-state index in [9.17, 15) is 13.9 Å². The normalized spacial score (nSPS) is 10.8. The van der Waals surface area contributed by atoms with E-state index in [4.69, 9.17) is 5.73 Å². The lowest BCUT2D eigenvalue weighted by molar-refractivity contribution is 0.395. The average Bonchev–Trinajstić information content (AvgIpc) is 2.95. The van der Waals surface area contributed by atoms with Gasteiger partial charge in [0.15, 0.2) is 17.4 Å². The van der Waals surface area contributed by atoms with Crippen molar-refractivity contribution in [3.8, 4) is 5.75 Å². The third-order valence-corrected chi connectivity index (χ3v) is 4.07. The fraction of sp³-hybridized carbons (Fsp3) is 0.150. The first-order valence-electron chi connectivity index (χ1n) is 8.11. The summed E-state index contributed by atoms with van der Waals surface area (Å²) in [6.45, 7) is 3.96. The summed E-state index contributed by atoms with van der Waals surface area (Å²) in [5, 5.41) is 9.24. The summed E-state index contributed by atoms with van der Waals surface area (Å²) in [4.78, 5) is 4.45. The zero-order valence-corrected chi connectivity index (χ0v) is 14.1. The van der Waals surface area contributed by atoms with Crippen LogP contribution in [0.3, 0.4) is 0 Å². The largest absolute Gasteiger partial charge is 0.503 e. The zero-order chi connectivity index (χ0) is 18.7. The van der Waals surface area contributed by atoms with Crippen LogP contribution < -0.4 is 5.73 Å². The van der Waals surface area contributed by atoms with Gasteiger partial charge in [0.05, 0.1) is 12.0 Å². The topological polar surface area (TPSA) is 64.1 Å². The number of halogens is 2. The number of aromatic nitrogens is 2. The number of phenolic OH excluding ortho intramolecular Hbond substituents is 1. The van der Waals surface area contributed by atoms with Crippen LogP contribution in [-0.4, -0.2) is 14.7 Å². The first-order chi connectivity index (χ1) is 12.4. The highest BCUT2D eigenvalue weighted by Gasteiger charge is 2.15. The molecule has 0 bridgehead atoms. The smallest absolute Gasteiger partial charge is 0.187 e. The van der Waals surface area contributed by atoms with E-state index >= 15 is 0 Å². The van der Waals surface area contributed by atoms with Gasteiger partial charge >= 0.3 is 0 Å². The molecule has 2 aromatic carbocycles. The molecule has 0 aliphatic rings. The van der Waals surface area contributed by atoms with Crippen LogP contribution >= 0.6 is 0 Å². The van der Waals surface area contributed by atoms with Crippen LogP contribution in [0.1, 0.15) is 22.5 Å². The molecule has 0 fully saturated rings. The first-order valence-corrected chi connectivity index (χ1v) is 8.11. The van der Waals surface area contributed by atoms with Gasteiger partial charge in [-0.2, -0.15) is 0 Å². The van der Waals surface area contributed by atoms with Crippen LogP contribution in [0.2, 0.25) is 0 Å². The van der Waals surface area contributed by atoms with Crippen molar-refractivity contribution in [2.75, 3.05) is 0 Å². The number of rotatable bonds is 6. The molecule has 134 valence electrons. The van der Waals surface area contributed by atoms with E-state index in [0.29, 0.717) is 24.1 Å². The van der Waals surface area contributed by atoms with Gasteiger partial charge in [0.1, 0.15) is 0 Å². The van der Waals surface area contributed by atoms with Crippen LogP contribution in [-0.2, 0) is 19.4 Å². The molecular formula is C20H19F2N3O. The predicted octanol–water partition coefficient (Wildman–Crippen LogP) is 3.52. The predicted molar refractivity (Wildman–Crippen MR) is 95.6 cm³/mol. The molecule has 0 atom stereocenters. The summed E-state index contributed by atoms with van der Waals surface area (Å²) in [6, 6.07) is 12.1. The van der Waals surface area contributed by atoms with Crippen molar-refractivity contribution in [1.29, 1.82) is 0 Å². The van der Waals surface area contributed by atoms with Crippen LogP contribution in [0.25, 0.3) is 0 Å². The van der Waals surface area contributed by atoms with E-state index in [1.807, 2.05) is 30.3 Å². The average molecular weight is 355 g/mol. The van der Waals surface area contributed by atoms with Crippen molar-refractivity contribution in [2.24, 2.45) is 5.73 Å². The Bertz CT molecular complexity index is 912. The van der Waals surface area contributed by atoms with Gasteiger partial charge in [-0.3, -0.25) is 0 Å². The van der Waals surface area contributed by atoms with Gasteiger partial charge in [-0.1, -0.05) is 36.9 Å². The summed E-state index contributed by atoms with van der Waals surface area (Å²) in [6.07, 6.45) is 2.65. The molecule has 0 aliphatic carbocycles. The number of hydrogen-bond acceptors (Lipinski definition) is 3. The standard InChI is InChI=1S/C20H19F2N3O/c1-13(23)7-19-18(10-14-5-3-2-4-6-14)24-12-25(19)11-15-8-16(21)20(26)17(22)9-15/h2-6,8-9,12,26H,1,7,10-11,23H2. The highest BCUT2D eigenvalue weighted by Crippen LogP contribution is 2.23. The molecule has 0 unspecified atom stereocenters. The second kappa shape index (κ2) is 7.39. The second-order valence-corrected chi connectivity index (χ2v) is 6.17. The van der Waals surface area contributed by atoms with E-state index in [1.54, 1.807) is 10.9 Å². The third-order valence-electron chi connectivity index (χ3n) is 4.07. The monoisotopic (exact) mass is 355 g/mol. The summed E-state index contributed by atoms with van der Waals surface area (Å²) >= 11 is 0. The van der Waals surface area contributed by atoms with Gasteiger partial charge in [-0.05, 0) is 23.3 Å². The third kappa shape index (κ3) is 3.91. The Kier molecular flexibility index (Phi) is 5.02. The van der Waals surface area contributed by atoms with Gasteiger partial charge in [0.2, 0.25) is 0 Å². The molecule has 3 N–H and O–H groups in total. The van der Waals surface area contributed by atoms with Crippen molar-refractivity contribution < 1.29 is 13.9 Å². The highest BCUT2D eigenvalue weighted by atomic mass is 19.1. The minimum absolute atomic E-state index is 0.207. The van der Waals surface area contributed by atoms with Gasteiger partial charge < -0.3 is 15.4 Å². The maximum absolute atomic E-state index is 13.6. The number of hydrogen-bond donors (Lipinski definition) is 2. The second-order valence-electron chi connectivity index (χ2n) is 6.17. The fourth-order valence-electron chi connectivity index (χ4n) is 2.85. The molecule has 4 nitrogen and oxygen atoms in total. The number of imidazole rings is 1. The van der Waals surface area contributed by atoms with Crippen LogP contribution in [0, 0.1) is 11.6 Å². The molecule has 0 radical (unpaired) electrons. The van der Waals surface area contributed by atoms with E-state index < -0.39 is 17.4 Å². The molecule has 0 amide bonds. The summed E-state index contributed by atoms with van der Waals surface area (Å²) < 4.78 is 29.0. The SMILES string of the molecule is C=C(N)Cc1c(Cc2ccccc2)ncn1Cc1cc(F)c(O)c(F)c1. The Morgan fingerprint density at radius 3 is 2.38 bits per heavy atom. The molecule has 3 aromatic rings. The van der Waals surface area contributed by atoms with Crippen molar-refractivity contribution >= 4 is 0 Å².